The van der Waals surface area contributed by atoms with Gasteiger partial charge in [-0.2, -0.15) is 0 Å². The Balaban J connectivity index is 1.90. The average molecular weight is 195 g/mol. The minimum Gasteiger partial charge on any atom is -0.501 e. The highest BCUT2D eigenvalue weighted by molar-refractivity contribution is 4.87. The Morgan fingerprint density at radius 1 is 1.21 bits per heavy atom. The molecule has 0 aromatic carbocycles. The monoisotopic (exact) mass is 195 g/mol. The predicted octanol–water partition coefficient (Wildman–Crippen LogP) is 2.41. The van der Waals surface area contributed by atoms with E-state index in [4.69, 9.17) is 4.74 Å². The van der Waals surface area contributed by atoms with Gasteiger partial charge >= 0.3 is 0 Å². The van der Waals surface area contributed by atoms with Crippen molar-refractivity contribution in [1.29, 1.82) is 0 Å². The number of hydrogen-bond donors (Lipinski definition) is 0. The summed E-state index contributed by atoms with van der Waals surface area (Å²) in [7, 11) is 0. The molecule has 14 heavy (non-hydrogen) atoms. The van der Waals surface area contributed by atoms with Crippen molar-refractivity contribution in [2.24, 2.45) is 5.92 Å². The van der Waals surface area contributed by atoms with E-state index in [0.29, 0.717) is 0 Å². The molecule has 0 spiro atoms. The molecule has 2 fully saturated rings. The van der Waals surface area contributed by atoms with Crippen LogP contribution in [0.2, 0.25) is 0 Å². The molecule has 0 saturated carbocycles. The van der Waals surface area contributed by atoms with Crippen LogP contribution in [-0.4, -0.2) is 30.6 Å². The molecule has 2 heteroatoms. The Morgan fingerprint density at radius 2 is 2.07 bits per heavy atom. The van der Waals surface area contributed by atoms with Crippen molar-refractivity contribution in [2.75, 3.05) is 19.7 Å². The lowest BCUT2D eigenvalue weighted by Gasteiger charge is -2.44. The predicted molar refractivity (Wildman–Crippen MR) is 58.1 cm³/mol. The number of nitrogens with zero attached hydrogens (tertiary/aromatic N) is 1. The lowest BCUT2D eigenvalue weighted by molar-refractivity contribution is 0.0271. The first kappa shape index (κ1) is 10.0. The van der Waals surface area contributed by atoms with Gasteiger partial charge in [-0.3, -0.25) is 4.90 Å². The zero-order valence-electron chi connectivity index (χ0n) is 8.95. The summed E-state index contributed by atoms with van der Waals surface area (Å²) < 4.78 is 5.36. The molecule has 80 valence electrons. The molecule has 2 saturated heterocycles. The maximum atomic E-state index is 5.36. The molecule has 2 aliphatic heterocycles. The smallest absolute Gasteiger partial charge is 0.0916 e. The van der Waals surface area contributed by atoms with Crippen LogP contribution >= 0.6 is 0 Å². The first-order chi connectivity index (χ1) is 6.92. The van der Waals surface area contributed by atoms with Gasteiger partial charge in [-0.15, -0.1) is 0 Å². The van der Waals surface area contributed by atoms with E-state index in [-0.39, 0.29) is 0 Å². The number of rotatable bonds is 3. The highest BCUT2D eigenvalue weighted by Crippen LogP contribution is 2.30. The number of hydrogen-bond acceptors (Lipinski definition) is 2. The van der Waals surface area contributed by atoms with Gasteiger partial charge in [-0.25, -0.2) is 0 Å². The van der Waals surface area contributed by atoms with Crippen molar-refractivity contribution >= 4 is 0 Å². The van der Waals surface area contributed by atoms with Crippen LogP contribution in [0, 0.1) is 5.92 Å². The summed E-state index contributed by atoms with van der Waals surface area (Å²) in [5, 5.41) is 0. The molecule has 0 aliphatic carbocycles. The summed E-state index contributed by atoms with van der Waals surface area (Å²) in [6.45, 7) is 7.12. The van der Waals surface area contributed by atoms with E-state index < -0.39 is 0 Å². The van der Waals surface area contributed by atoms with Gasteiger partial charge in [0.1, 0.15) is 0 Å². The Morgan fingerprint density at radius 3 is 2.93 bits per heavy atom. The molecule has 2 unspecified atom stereocenters. The van der Waals surface area contributed by atoms with Crippen molar-refractivity contribution in [1.82, 2.24) is 4.90 Å². The molecule has 2 rings (SSSR count). The number of fused-ring (bicyclic) bond motifs is 1. The minimum absolute atomic E-state index is 0.752. The molecule has 2 aliphatic rings. The van der Waals surface area contributed by atoms with Gasteiger partial charge in [0.2, 0.25) is 0 Å². The van der Waals surface area contributed by atoms with Crippen LogP contribution in [0.5, 0.6) is 0 Å². The highest BCUT2D eigenvalue weighted by Gasteiger charge is 2.32. The Bertz CT molecular complexity index is 191. The van der Waals surface area contributed by atoms with Crippen LogP contribution in [0.25, 0.3) is 0 Å². The summed E-state index contributed by atoms with van der Waals surface area (Å²) in [5.74, 6) is 0.752. The second-order valence-corrected chi connectivity index (χ2v) is 4.50. The second kappa shape index (κ2) is 4.83. The van der Waals surface area contributed by atoms with Crippen LogP contribution in [-0.2, 0) is 4.74 Å². The molecule has 0 radical (unpaired) electrons. The van der Waals surface area contributed by atoms with E-state index in [2.05, 4.69) is 11.5 Å². The summed E-state index contributed by atoms with van der Waals surface area (Å²) in [6, 6.07) is 0.803. The van der Waals surface area contributed by atoms with Crippen LogP contribution in [0.15, 0.2) is 12.8 Å². The van der Waals surface area contributed by atoms with Crippen LogP contribution in [0.1, 0.15) is 32.1 Å². The Hall–Kier alpha value is -0.500. The summed E-state index contributed by atoms with van der Waals surface area (Å²) in [4.78, 5) is 2.67. The average Bonchev–Trinajstić information content (AvgIpc) is 2.26. The molecule has 0 aromatic heterocycles. The van der Waals surface area contributed by atoms with Gasteiger partial charge in [0.25, 0.3) is 0 Å². The summed E-state index contributed by atoms with van der Waals surface area (Å²) in [5.41, 5.74) is 0. The molecule has 0 bridgehead atoms. The number of ether oxygens (including phenoxy) is 1. The lowest BCUT2D eigenvalue weighted by Crippen LogP contribution is -2.49. The van der Waals surface area contributed by atoms with Gasteiger partial charge in [-0.1, -0.05) is 13.0 Å². The van der Waals surface area contributed by atoms with E-state index in [1.807, 2.05) is 0 Å². The highest BCUT2D eigenvalue weighted by atomic mass is 16.5. The molecular weight excluding hydrogens is 174 g/mol. The minimum atomic E-state index is 0.752. The molecule has 0 amide bonds. The van der Waals surface area contributed by atoms with E-state index >= 15 is 0 Å². The van der Waals surface area contributed by atoms with E-state index in [1.165, 1.54) is 45.2 Å². The van der Waals surface area contributed by atoms with E-state index in [9.17, 15) is 0 Å². The van der Waals surface area contributed by atoms with Crippen molar-refractivity contribution in [3.63, 3.8) is 0 Å². The molecule has 2 nitrogen and oxygen atoms in total. The standard InChI is InChI=1S/C12H21NO/c1-2-14-10-11-6-5-9-13-8-4-3-7-12(11)13/h2,11-12H,1,3-10H2. The second-order valence-electron chi connectivity index (χ2n) is 4.50. The van der Waals surface area contributed by atoms with Crippen molar-refractivity contribution in [2.45, 2.75) is 38.1 Å². The van der Waals surface area contributed by atoms with Crippen LogP contribution in [0.3, 0.4) is 0 Å². The van der Waals surface area contributed by atoms with Gasteiger partial charge in [-0.05, 0) is 38.8 Å². The Labute approximate surface area is 86.9 Å². The normalized spacial score (nSPS) is 33.4. The fourth-order valence-corrected chi connectivity index (χ4v) is 2.96. The first-order valence-corrected chi connectivity index (χ1v) is 5.88. The molecule has 2 atom stereocenters. The van der Waals surface area contributed by atoms with Crippen LogP contribution in [0.4, 0.5) is 0 Å². The number of piperidine rings is 2. The topological polar surface area (TPSA) is 12.5 Å². The SMILES string of the molecule is C=COCC1CCCN2CCCCC12. The van der Waals surface area contributed by atoms with Gasteiger partial charge in [0, 0.05) is 12.0 Å². The molecule has 0 N–H and O–H groups in total. The van der Waals surface area contributed by atoms with Crippen molar-refractivity contribution in [3.8, 4) is 0 Å². The van der Waals surface area contributed by atoms with Gasteiger partial charge in [0.15, 0.2) is 0 Å². The van der Waals surface area contributed by atoms with E-state index in [0.717, 1.165) is 18.6 Å². The van der Waals surface area contributed by atoms with E-state index in [1.54, 1.807) is 6.26 Å². The maximum absolute atomic E-state index is 5.36. The fourth-order valence-electron chi connectivity index (χ4n) is 2.96. The zero-order valence-corrected chi connectivity index (χ0v) is 8.95. The van der Waals surface area contributed by atoms with Crippen LogP contribution < -0.4 is 0 Å². The Kier molecular flexibility index (Phi) is 3.46. The maximum Gasteiger partial charge on any atom is 0.0916 e. The summed E-state index contributed by atoms with van der Waals surface area (Å²) >= 11 is 0. The van der Waals surface area contributed by atoms with Crippen molar-refractivity contribution < 1.29 is 4.74 Å². The van der Waals surface area contributed by atoms with Gasteiger partial charge in [0.05, 0.1) is 12.9 Å². The molecule has 0 aromatic rings. The molecule has 2 heterocycles. The largest absolute Gasteiger partial charge is 0.501 e. The third kappa shape index (κ3) is 2.11. The summed E-state index contributed by atoms with van der Waals surface area (Å²) in [6.07, 6.45) is 8.46. The lowest BCUT2D eigenvalue weighted by atomic mass is 9.84. The van der Waals surface area contributed by atoms with Crippen molar-refractivity contribution in [3.05, 3.63) is 12.8 Å². The zero-order chi connectivity index (χ0) is 9.80. The fraction of sp³-hybridized carbons (Fsp3) is 0.833. The van der Waals surface area contributed by atoms with Gasteiger partial charge < -0.3 is 4.74 Å². The quantitative estimate of drug-likeness (QED) is 0.641. The third-order valence-corrected chi connectivity index (χ3v) is 3.66. The first-order valence-electron chi connectivity index (χ1n) is 5.88. The molecular formula is C12H21NO. The third-order valence-electron chi connectivity index (χ3n) is 3.66.